The zero-order valence-electron chi connectivity index (χ0n) is 11.4. The fourth-order valence-electron chi connectivity index (χ4n) is 1.45. The molecule has 0 radical (unpaired) electrons. The van der Waals surface area contributed by atoms with Crippen molar-refractivity contribution in [2.24, 2.45) is 5.92 Å². The second-order valence-electron chi connectivity index (χ2n) is 4.25. The van der Waals surface area contributed by atoms with Crippen LogP contribution in [0.15, 0.2) is 54.6 Å². The molecule has 0 aromatic heterocycles. The average molecular weight is 260 g/mol. The largest absolute Gasteiger partial charge is 0.466 e. The summed E-state index contributed by atoms with van der Waals surface area (Å²) in [6.07, 6.45) is 6.87. The molecule has 0 saturated heterocycles. The lowest BCUT2D eigenvalue weighted by atomic mass is 10.2. The maximum atomic E-state index is 10.8. The van der Waals surface area contributed by atoms with Crippen LogP contribution in [0.3, 0.4) is 0 Å². The van der Waals surface area contributed by atoms with Crippen molar-refractivity contribution in [3.8, 4) is 0 Å². The van der Waals surface area contributed by atoms with Crippen LogP contribution in [0.1, 0.15) is 12.5 Å². The monoisotopic (exact) mass is 260 g/mol. The van der Waals surface area contributed by atoms with Gasteiger partial charge in [-0.3, -0.25) is 0 Å². The van der Waals surface area contributed by atoms with E-state index in [-0.39, 0.29) is 5.97 Å². The van der Waals surface area contributed by atoms with E-state index >= 15 is 0 Å². The van der Waals surface area contributed by atoms with Gasteiger partial charge in [-0.25, -0.2) is 4.79 Å². The molecule has 0 saturated carbocycles. The Kier molecular flexibility index (Phi) is 7.28. The number of hydrogen-bond donors (Lipinski definition) is 0. The van der Waals surface area contributed by atoms with Gasteiger partial charge in [0.25, 0.3) is 0 Å². The highest BCUT2D eigenvalue weighted by atomic mass is 16.5. The van der Waals surface area contributed by atoms with Crippen LogP contribution in [0.2, 0.25) is 0 Å². The molecule has 3 nitrogen and oxygen atoms in total. The van der Waals surface area contributed by atoms with Crippen LogP contribution in [0.25, 0.3) is 0 Å². The normalized spacial score (nSPS) is 12.9. The second kappa shape index (κ2) is 9.11. The highest BCUT2D eigenvalue weighted by Crippen LogP contribution is 2.04. The fraction of sp³-hybridized carbons (Fsp3) is 0.312. The Hall–Kier alpha value is -1.87. The molecule has 0 unspecified atom stereocenters. The molecule has 3 heteroatoms. The molecule has 0 bridgehead atoms. The van der Waals surface area contributed by atoms with Crippen molar-refractivity contribution in [2.45, 2.75) is 13.5 Å². The van der Waals surface area contributed by atoms with Gasteiger partial charge in [0.05, 0.1) is 20.3 Å². The number of benzene rings is 1. The van der Waals surface area contributed by atoms with E-state index in [9.17, 15) is 4.79 Å². The van der Waals surface area contributed by atoms with E-state index in [1.54, 1.807) is 6.08 Å². The minimum absolute atomic E-state index is 0.297. The Labute approximate surface area is 114 Å². The van der Waals surface area contributed by atoms with Crippen molar-refractivity contribution in [2.75, 3.05) is 13.7 Å². The van der Waals surface area contributed by atoms with Gasteiger partial charge in [0.2, 0.25) is 0 Å². The van der Waals surface area contributed by atoms with Crippen molar-refractivity contribution < 1.29 is 14.3 Å². The summed E-state index contributed by atoms with van der Waals surface area (Å²) in [5, 5.41) is 0. The number of esters is 1. The molecular weight excluding hydrogens is 240 g/mol. The number of carbonyl (C=O) groups is 1. The van der Waals surface area contributed by atoms with Crippen molar-refractivity contribution in [3.05, 3.63) is 60.2 Å². The summed E-state index contributed by atoms with van der Waals surface area (Å²) in [6.45, 7) is 3.34. The minimum atomic E-state index is -0.349. The van der Waals surface area contributed by atoms with Gasteiger partial charge in [-0.1, -0.05) is 55.5 Å². The van der Waals surface area contributed by atoms with Crippen molar-refractivity contribution in [1.82, 2.24) is 0 Å². The summed E-state index contributed by atoms with van der Waals surface area (Å²) in [5.74, 6) is -0.0522. The first-order chi connectivity index (χ1) is 9.22. The maximum absolute atomic E-state index is 10.8. The first kappa shape index (κ1) is 15.2. The molecule has 0 fully saturated rings. The molecule has 0 aliphatic rings. The molecule has 102 valence electrons. The van der Waals surface area contributed by atoms with Gasteiger partial charge < -0.3 is 9.47 Å². The second-order valence-corrected chi connectivity index (χ2v) is 4.25. The van der Waals surface area contributed by atoms with Gasteiger partial charge in [-0.15, -0.1) is 0 Å². The topological polar surface area (TPSA) is 35.5 Å². The number of rotatable bonds is 7. The predicted molar refractivity (Wildman–Crippen MR) is 75.6 cm³/mol. The fourth-order valence-corrected chi connectivity index (χ4v) is 1.45. The predicted octanol–water partition coefficient (Wildman–Crippen LogP) is 3.12. The highest BCUT2D eigenvalue weighted by molar-refractivity contribution is 5.82. The molecule has 1 aromatic rings. The number of methoxy groups -OCH3 is 1. The summed E-state index contributed by atoms with van der Waals surface area (Å²) in [7, 11) is 1.36. The molecular formula is C16H20O3. The SMILES string of the molecule is COC(=O)/C=C/C=C/[C@@H](C)COCc1ccccc1. The van der Waals surface area contributed by atoms with Crippen LogP contribution in [-0.2, 0) is 20.9 Å². The van der Waals surface area contributed by atoms with Crippen molar-refractivity contribution in [1.29, 1.82) is 0 Å². The smallest absolute Gasteiger partial charge is 0.330 e. The van der Waals surface area contributed by atoms with E-state index in [2.05, 4.69) is 11.7 Å². The summed E-state index contributed by atoms with van der Waals surface area (Å²) in [6, 6.07) is 10.1. The lowest BCUT2D eigenvalue weighted by Gasteiger charge is -2.07. The molecule has 0 amide bonds. The Morgan fingerprint density at radius 2 is 2.00 bits per heavy atom. The first-order valence-corrected chi connectivity index (χ1v) is 6.27. The van der Waals surface area contributed by atoms with Gasteiger partial charge in [0.15, 0.2) is 0 Å². The van der Waals surface area contributed by atoms with E-state index in [0.717, 1.165) is 0 Å². The molecule has 0 N–H and O–H groups in total. The van der Waals surface area contributed by atoms with Crippen molar-refractivity contribution in [3.63, 3.8) is 0 Å². The van der Waals surface area contributed by atoms with E-state index in [4.69, 9.17) is 4.74 Å². The molecule has 19 heavy (non-hydrogen) atoms. The van der Waals surface area contributed by atoms with Gasteiger partial charge in [-0.05, 0) is 11.5 Å². The third kappa shape index (κ3) is 7.21. The Morgan fingerprint density at radius 3 is 2.68 bits per heavy atom. The van der Waals surface area contributed by atoms with Gasteiger partial charge >= 0.3 is 5.97 Å². The molecule has 1 atom stereocenters. The molecule has 0 heterocycles. The van der Waals surface area contributed by atoms with Crippen LogP contribution in [0, 0.1) is 5.92 Å². The number of ether oxygens (including phenoxy) is 2. The Balaban J connectivity index is 2.21. The maximum Gasteiger partial charge on any atom is 0.330 e. The van der Waals surface area contributed by atoms with Crippen LogP contribution in [-0.4, -0.2) is 19.7 Å². The number of allylic oxidation sites excluding steroid dienone is 2. The van der Waals surface area contributed by atoms with Crippen LogP contribution < -0.4 is 0 Å². The van der Waals surface area contributed by atoms with Crippen LogP contribution in [0.5, 0.6) is 0 Å². The lowest BCUT2D eigenvalue weighted by molar-refractivity contribution is -0.134. The molecule has 0 aliphatic heterocycles. The molecule has 1 aromatic carbocycles. The van der Waals surface area contributed by atoms with E-state index in [1.165, 1.54) is 18.7 Å². The van der Waals surface area contributed by atoms with Crippen molar-refractivity contribution >= 4 is 5.97 Å². The molecule has 1 rings (SSSR count). The van der Waals surface area contributed by atoms with E-state index < -0.39 is 0 Å². The third-order valence-electron chi connectivity index (χ3n) is 2.48. The average Bonchev–Trinajstić information content (AvgIpc) is 2.44. The summed E-state index contributed by atoms with van der Waals surface area (Å²) in [5.41, 5.74) is 1.17. The van der Waals surface area contributed by atoms with E-state index in [1.807, 2.05) is 42.5 Å². The zero-order chi connectivity index (χ0) is 13.9. The zero-order valence-corrected chi connectivity index (χ0v) is 11.4. The first-order valence-electron chi connectivity index (χ1n) is 6.27. The summed E-state index contributed by atoms with van der Waals surface area (Å²) in [4.78, 5) is 10.8. The summed E-state index contributed by atoms with van der Waals surface area (Å²) >= 11 is 0. The quantitative estimate of drug-likeness (QED) is 0.429. The number of hydrogen-bond acceptors (Lipinski definition) is 3. The third-order valence-corrected chi connectivity index (χ3v) is 2.48. The minimum Gasteiger partial charge on any atom is -0.466 e. The molecule has 0 spiro atoms. The van der Waals surface area contributed by atoms with E-state index in [0.29, 0.717) is 19.1 Å². The van der Waals surface area contributed by atoms with Gasteiger partial charge in [-0.2, -0.15) is 0 Å². The molecule has 0 aliphatic carbocycles. The lowest BCUT2D eigenvalue weighted by Crippen LogP contribution is -2.03. The highest BCUT2D eigenvalue weighted by Gasteiger charge is 1.97. The number of carbonyl (C=O) groups excluding carboxylic acids is 1. The summed E-state index contributed by atoms with van der Waals surface area (Å²) < 4.78 is 10.1. The van der Waals surface area contributed by atoms with Gasteiger partial charge in [0, 0.05) is 6.08 Å². The van der Waals surface area contributed by atoms with Crippen LogP contribution in [0.4, 0.5) is 0 Å². The van der Waals surface area contributed by atoms with Gasteiger partial charge in [0.1, 0.15) is 0 Å². The standard InChI is InChI=1S/C16H20O3/c1-14(8-6-7-11-16(17)18-2)12-19-13-15-9-4-3-5-10-15/h3-11,14H,12-13H2,1-2H3/b8-6+,11-7+/t14-/m1/s1. The Bertz CT molecular complexity index is 421. The van der Waals surface area contributed by atoms with Crippen LogP contribution >= 0.6 is 0 Å². The Morgan fingerprint density at radius 1 is 1.26 bits per heavy atom.